The Kier molecular flexibility index (Phi) is 7.44. The summed E-state index contributed by atoms with van der Waals surface area (Å²) in [7, 11) is 0. The summed E-state index contributed by atoms with van der Waals surface area (Å²) in [5, 5.41) is 9.38. The number of aromatic nitrogens is 3. The molecule has 1 aromatic heterocycles. The van der Waals surface area contributed by atoms with Gasteiger partial charge in [0.15, 0.2) is 5.16 Å². The quantitative estimate of drug-likeness (QED) is 0.487. The second-order valence-electron chi connectivity index (χ2n) is 7.52. The first kappa shape index (κ1) is 22.4. The molecule has 0 radical (unpaired) electrons. The monoisotopic (exact) mass is 452 g/mol. The SMILES string of the molecule is CCOc1ccc(-n2c(Cc3ccccc3)nnc2SC(C)C(=O)N2CCOCC2)cc1. The maximum absolute atomic E-state index is 12.9. The maximum Gasteiger partial charge on any atom is 0.236 e. The van der Waals surface area contributed by atoms with E-state index in [0.717, 1.165) is 22.8 Å². The highest BCUT2D eigenvalue weighted by molar-refractivity contribution is 8.00. The van der Waals surface area contributed by atoms with Crippen molar-refractivity contribution in [3.63, 3.8) is 0 Å². The lowest BCUT2D eigenvalue weighted by Crippen LogP contribution is -2.44. The average molecular weight is 453 g/mol. The molecule has 1 amide bonds. The van der Waals surface area contributed by atoms with E-state index in [9.17, 15) is 4.79 Å². The Balaban J connectivity index is 1.61. The average Bonchev–Trinajstić information content (AvgIpc) is 3.22. The summed E-state index contributed by atoms with van der Waals surface area (Å²) in [5.74, 6) is 1.75. The Morgan fingerprint density at radius 1 is 1.09 bits per heavy atom. The number of carbonyl (C=O) groups is 1. The second-order valence-corrected chi connectivity index (χ2v) is 8.83. The predicted molar refractivity (Wildman–Crippen MR) is 124 cm³/mol. The number of ether oxygens (including phenoxy) is 2. The summed E-state index contributed by atoms with van der Waals surface area (Å²) >= 11 is 1.44. The van der Waals surface area contributed by atoms with E-state index in [0.29, 0.717) is 44.5 Å². The first-order valence-corrected chi connectivity index (χ1v) is 11.8. The highest BCUT2D eigenvalue weighted by Gasteiger charge is 2.26. The zero-order valence-electron chi connectivity index (χ0n) is 18.4. The van der Waals surface area contributed by atoms with E-state index in [2.05, 4.69) is 22.3 Å². The summed E-state index contributed by atoms with van der Waals surface area (Å²) in [6.45, 7) is 6.96. The van der Waals surface area contributed by atoms with E-state index in [-0.39, 0.29) is 11.2 Å². The summed E-state index contributed by atoms with van der Waals surface area (Å²) in [6, 6.07) is 18.1. The molecular formula is C24H28N4O3S. The lowest BCUT2D eigenvalue weighted by molar-refractivity contribution is -0.134. The number of hydrogen-bond donors (Lipinski definition) is 0. The summed E-state index contributed by atoms with van der Waals surface area (Å²) < 4.78 is 13.0. The van der Waals surface area contributed by atoms with Crippen molar-refractivity contribution in [2.75, 3.05) is 32.9 Å². The molecule has 168 valence electrons. The van der Waals surface area contributed by atoms with Crippen molar-refractivity contribution < 1.29 is 14.3 Å². The van der Waals surface area contributed by atoms with Crippen molar-refractivity contribution in [2.24, 2.45) is 0 Å². The number of nitrogens with zero attached hydrogens (tertiary/aromatic N) is 4. The number of morpholine rings is 1. The molecule has 7 nitrogen and oxygen atoms in total. The summed E-state index contributed by atoms with van der Waals surface area (Å²) in [5.41, 5.74) is 2.10. The van der Waals surface area contributed by atoms with Crippen molar-refractivity contribution in [1.82, 2.24) is 19.7 Å². The van der Waals surface area contributed by atoms with Gasteiger partial charge in [0.25, 0.3) is 0 Å². The van der Waals surface area contributed by atoms with Crippen LogP contribution in [0.2, 0.25) is 0 Å². The largest absolute Gasteiger partial charge is 0.494 e. The van der Waals surface area contributed by atoms with Gasteiger partial charge < -0.3 is 14.4 Å². The highest BCUT2D eigenvalue weighted by atomic mass is 32.2. The molecule has 0 aliphatic carbocycles. The van der Waals surface area contributed by atoms with Crippen molar-refractivity contribution in [3.05, 3.63) is 66.0 Å². The molecule has 4 rings (SSSR count). The fourth-order valence-corrected chi connectivity index (χ4v) is 4.61. The fourth-order valence-electron chi connectivity index (χ4n) is 3.64. The molecule has 1 atom stereocenters. The summed E-state index contributed by atoms with van der Waals surface area (Å²) in [4.78, 5) is 14.8. The first-order valence-electron chi connectivity index (χ1n) is 10.9. The smallest absolute Gasteiger partial charge is 0.236 e. The lowest BCUT2D eigenvalue weighted by atomic mass is 10.1. The normalized spacial score (nSPS) is 14.9. The molecule has 1 aliphatic rings. The standard InChI is InChI=1S/C24H28N4O3S/c1-3-31-21-11-9-20(10-12-21)28-22(17-19-7-5-4-6-8-19)25-26-24(28)32-18(2)23(29)27-13-15-30-16-14-27/h4-12,18H,3,13-17H2,1-2H3. The van der Waals surface area contributed by atoms with Crippen LogP contribution >= 0.6 is 11.8 Å². The van der Waals surface area contributed by atoms with Crippen molar-refractivity contribution in [3.8, 4) is 11.4 Å². The minimum atomic E-state index is -0.275. The number of thioether (sulfide) groups is 1. The van der Waals surface area contributed by atoms with E-state index in [1.54, 1.807) is 0 Å². The van der Waals surface area contributed by atoms with Crippen LogP contribution in [0.25, 0.3) is 5.69 Å². The van der Waals surface area contributed by atoms with Gasteiger partial charge in [-0.15, -0.1) is 10.2 Å². The number of carbonyl (C=O) groups excluding carboxylic acids is 1. The maximum atomic E-state index is 12.9. The molecule has 1 fully saturated rings. The zero-order valence-corrected chi connectivity index (χ0v) is 19.3. The molecule has 32 heavy (non-hydrogen) atoms. The highest BCUT2D eigenvalue weighted by Crippen LogP contribution is 2.28. The third kappa shape index (κ3) is 5.31. The van der Waals surface area contributed by atoms with Crippen LogP contribution in [-0.4, -0.2) is 63.7 Å². The number of rotatable bonds is 8. The van der Waals surface area contributed by atoms with Crippen LogP contribution in [0.15, 0.2) is 59.8 Å². The molecule has 1 unspecified atom stereocenters. The Morgan fingerprint density at radius 2 is 1.81 bits per heavy atom. The van der Waals surface area contributed by atoms with E-state index in [1.807, 2.05) is 65.8 Å². The van der Waals surface area contributed by atoms with Gasteiger partial charge in [0, 0.05) is 25.2 Å². The molecule has 0 saturated carbocycles. The minimum Gasteiger partial charge on any atom is -0.494 e. The molecular weight excluding hydrogens is 424 g/mol. The van der Waals surface area contributed by atoms with Crippen LogP contribution in [-0.2, 0) is 16.0 Å². The molecule has 1 saturated heterocycles. The molecule has 8 heteroatoms. The lowest BCUT2D eigenvalue weighted by Gasteiger charge is -2.28. The number of amides is 1. The van der Waals surface area contributed by atoms with Gasteiger partial charge in [-0.3, -0.25) is 9.36 Å². The van der Waals surface area contributed by atoms with E-state index in [4.69, 9.17) is 9.47 Å². The molecule has 0 bridgehead atoms. The van der Waals surface area contributed by atoms with Gasteiger partial charge >= 0.3 is 0 Å². The topological polar surface area (TPSA) is 69.5 Å². The molecule has 2 heterocycles. The van der Waals surface area contributed by atoms with E-state index < -0.39 is 0 Å². The van der Waals surface area contributed by atoms with Gasteiger partial charge in [0.2, 0.25) is 5.91 Å². The van der Waals surface area contributed by atoms with Gasteiger partial charge in [-0.25, -0.2) is 0 Å². The van der Waals surface area contributed by atoms with Crippen LogP contribution in [0.5, 0.6) is 5.75 Å². The van der Waals surface area contributed by atoms with Crippen LogP contribution in [0.1, 0.15) is 25.2 Å². The van der Waals surface area contributed by atoms with Gasteiger partial charge in [-0.1, -0.05) is 42.1 Å². The van der Waals surface area contributed by atoms with E-state index in [1.165, 1.54) is 11.8 Å². The van der Waals surface area contributed by atoms with Crippen molar-refractivity contribution >= 4 is 17.7 Å². The van der Waals surface area contributed by atoms with Crippen molar-refractivity contribution in [1.29, 1.82) is 0 Å². The van der Waals surface area contributed by atoms with Crippen LogP contribution in [0, 0.1) is 0 Å². The zero-order chi connectivity index (χ0) is 22.3. The second kappa shape index (κ2) is 10.7. The minimum absolute atomic E-state index is 0.101. The van der Waals surface area contributed by atoms with Crippen LogP contribution < -0.4 is 4.74 Å². The molecule has 3 aromatic rings. The number of hydrogen-bond acceptors (Lipinski definition) is 6. The molecule has 0 spiro atoms. The summed E-state index contributed by atoms with van der Waals surface area (Å²) in [6.07, 6.45) is 0.646. The van der Waals surface area contributed by atoms with Crippen molar-refractivity contribution in [2.45, 2.75) is 30.7 Å². The Bertz CT molecular complexity index is 1020. The molecule has 1 aliphatic heterocycles. The third-order valence-corrected chi connectivity index (χ3v) is 6.29. The van der Waals surface area contributed by atoms with Crippen LogP contribution in [0.3, 0.4) is 0 Å². The molecule has 0 N–H and O–H groups in total. The van der Waals surface area contributed by atoms with Gasteiger partial charge in [0.1, 0.15) is 11.6 Å². The first-order chi connectivity index (χ1) is 15.7. The van der Waals surface area contributed by atoms with Crippen LogP contribution in [0.4, 0.5) is 0 Å². The number of benzene rings is 2. The third-order valence-electron chi connectivity index (χ3n) is 5.26. The Labute approximate surface area is 192 Å². The Hall–Kier alpha value is -2.84. The van der Waals surface area contributed by atoms with Gasteiger partial charge in [-0.2, -0.15) is 0 Å². The van der Waals surface area contributed by atoms with Gasteiger partial charge in [0.05, 0.1) is 25.1 Å². The van der Waals surface area contributed by atoms with E-state index >= 15 is 0 Å². The fraction of sp³-hybridized carbons (Fsp3) is 0.375. The molecule has 2 aromatic carbocycles. The predicted octanol–water partition coefficient (Wildman–Crippen LogP) is 3.60. The van der Waals surface area contributed by atoms with Gasteiger partial charge in [-0.05, 0) is 43.7 Å². The Morgan fingerprint density at radius 3 is 2.50 bits per heavy atom.